The van der Waals surface area contributed by atoms with Crippen molar-refractivity contribution in [3.05, 3.63) is 0 Å². The van der Waals surface area contributed by atoms with E-state index in [1.165, 1.54) is 4.90 Å². The van der Waals surface area contributed by atoms with Crippen molar-refractivity contribution in [3.8, 4) is 0 Å². The summed E-state index contributed by atoms with van der Waals surface area (Å²) in [7, 11) is 0. The highest BCUT2D eigenvalue weighted by Gasteiger charge is 2.30. The minimum Gasteiger partial charge on any atom is -0.383 e. The van der Waals surface area contributed by atoms with E-state index in [-0.39, 0.29) is 18.4 Å². The molecule has 116 valence electrons. The van der Waals surface area contributed by atoms with Crippen molar-refractivity contribution in [2.24, 2.45) is 0 Å². The molecule has 0 radical (unpaired) electrons. The van der Waals surface area contributed by atoms with E-state index in [0.717, 1.165) is 6.54 Å². The number of nitrogens with zero attached hydrogens (tertiary/aromatic N) is 2. The Balaban J connectivity index is 2.28. The number of aliphatic hydroxyl groups excluding tert-OH is 1. The topological polar surface area (TPSA) is 72.9 Å². The van der Waals surface area contributed by atoms with Gasteiger partial charge in [-0.3, -0.25) is 14.5 Å². The Morgan fingerprint density at radius 1 is 1.40 bits per heavy atom. The molecule has 1 heterocycles. The molecule has 1 aliphatic rings. The second-order valence-electron chi connectivity index (χ2n) is 5.84. The Morgan fingerprint density at radius 2 is 2.00 bits per heavy atom. The lowest BCUT2D eigenvalue weighted by Gasteiger charge is -2.30. The van der Waals surface area contributed by atoms with Crippen LogP contribution in [0.25, 0.3) is 0 Å². The van der Waals surface area contributed by atoms with Gasteiger partial charge in [-0.2, -0.15) is 0 Å². The summed E-state index contributed by atoms with van der Waals surface area (Å²) < 4.78 is 0. The quantitative estimate of drug-likeness (QED) is 0.680. The Hall–Kier alpha value is -1.14. The average molecular weight is 285 g/mol. The summed E-state index contributed by atoms with van der Waals surface area (Å²) in [6.07, 6.45) is -0.513. The normalized spacial score (nSPS) is 19.5. The fourth-order valence-corrected chi connectivity index (χ4v) is 2.55. The Bertz CT molecular complexity index is 337. The number of carbonyl (C=O) groups excluding carboxylic acids is 2. The second-order valence-corrected chi connectivity index (χ2v) is 5.84. The monoisotopic (exact) mass is 285 g/mol. The summed E-state index contributed by atoms with van der Waals surface area (Å²) in [5, 5.41) is 12.2. The van der Waals surface area contributed by atoms with Crippen LogP contribution in [0.2, 0.25) is 0 Å². The fraction of sp³-hybridized carbons (Fsp3) is 0.857. The molecular weight excluding hydrogens is 258 g/mol. The predicted molar refractivity (Wildman–Crippen MR) is 77.2 cm³/mol. The van der Waals surface area contributed by atoms with Crippen LogP contribution in [0, 0.1) is 0 Å². The van der Waals surface area contributed by atoms with Gasteiger partial charge in [0.05, 0.1) is 6.54 Å². The number of hydrogen-bond acceptors (Lipinski definition) is 4. The van der Waals surface area contributed by atoms with Crippen molar-refractivity contribution >= 4 is 11.8 Å². The van der Waals surface area contributed by atoms with Crippen LogP contribution in [0.4, 0.5) is 0 Å². The van der Waals surface area contributed by atoms with E-state index in [2.05, 4.69) is 37.9 Å². The van der Waals surface area contributed by atoms with Crippen LogP contribution in [0.1, 0.15) is 34.1 Å². The number of amides is 2. The minimum atomic E-state index is -0.930. The zero-order valence-corrected chi connectivity index (χ0v) is 12.9. The molecule has 1 rings (SSSR count). The van der Waals surface area contributed by atoms with Gasteiger partial charge in [0, 0.05) is 31.7 Å². The maximum Gasteiger partial charge on any atom is 0.251 e. The molecule has 0 aromatic carbocycles. The highest BCUT2D eigenvalue weighted by atomic mass is 16.3. The third kappa shape index (κ3) is 4.76. The summed E-state index contributed by atoms with van der Waals surface area (Å²) in [5.74, 6) is -0.508. The smallest absolute Gasteiger partial charge is 0.251 e. The maximum absolute atomic E-state index is 11.8. The molecule has 0 aliphatic carbocycles. The molecule has 1 aliphatic heterocycles. The zero-order chi connectivity index (χ0) is 15.3. The van der Waals surface area contributed by atoms with Crippen LogP contribution < -0.4 is 5.32 Å². The van der Waals surface area contributed by atoms with Crippen LogP contribution in [0.5, 0.6) is 0 Å². The van der Waals surface area contributed by atoms with Gasteiger partial charge in [0.25, 0.3) is 5.91 Å². The van der Waals surface area contributed by atoms with Crippen LogP contribution in [-0.2, 0) is 9.59 Å². The molecule has 0 aromatic heterocycles. The molecule has 20 heavy (non-hydrogen) atoms. The van der Waals surface area contributed by atoms with Crippen molar-refractivity contribution in [1.29, 1.82) is 0 Å². The van der Waals surface area contributed by atoms with E-state index < -0.39 is 6.10 Å². The molecule has 2 N–H and O–H groups in total. The van der Waals surface area contributed by atoms with Crippen molar-refractivity contribution in [1.82, 2.24) is 15.1 Å². The van der Waals surface area contributed by atoms with E-state index in [4.69, 9.17) is 0 Å². The summed E-state index contributed by atoms with van der Waals surface area (Å²) in [4.78, 5) is 27.0. The first kappa shape index (κ1) is 16.9. The first-order valence-electron chi connectivity index (χ1n) is 7.32. The highest BCUT2D eigenvalue weighted by molar-refractivity contribution is 5.88. The van der Waals surface area contributed by atoms with E-state index in [1.54, 1.807) is 0 Å². The van der Waals surface area contributed by atoms with Gasteiger partial charge in [-0.1, -0.05) is 0 Å². The molecule has 0 saturated carbocycles. The number of nitrogens with one attached hydrogen (secondary N) is 1. The van der Waals surface area contributed by atoms with E-state index in [9.17, 15) is 14.7 Å². The van der Waals surface area contributed by atoms with Gasteiger partial charge in [-0.25, -0.2) is 0 Å². The Kier molecular flexibility index (Phi) is 6.42. The molecule has 0 spiro atoms. The highest BCUT2D eigenvalue weighted by Crippen LogP contribution is 2.09. The van der Waals surface area contributed by atoms with E-state index in [0.29, 0.717) is 31.6 Å². The Morgan fingerprint density at radius 3 is 2.45 bits per heavy atom. The molecule has 6 heteroatoms. The molecular formula is C14H27N3O3. The summed E-state index contributed by atoms with van der Waals surface area (Å²) in [6, 6.07) is 0.865. The molecule has 0 aromatic rings. The molecule has 1 fully saturated rings. The van der Waals surface area contributed by atoms with Gasteiger partial charge >= 0.3 is 0 Å². The largest absolute Gasteiger partial charge is 0.383 e. The number of aliphatic hydroxyl groups is 1. The predicted octanol–water partition coefficient (Wildman–Crippen LogP) is -0.185. The summed E-state index contributed by atoms with van der Waals surface area (Å²) in [5.41, 5.74) is 0. The number of likely N-dealkylation sites (tertiary alicyclic amines) is 1. The van der Waals surface area contributed by atoms with Gasteiger partial charge in [-0.05, 0) is 34.1 Å². The van der Waals surface area contributed by atoms with E-state index in [1.807, 2.05) is 0 Å². The first-order valence-corrected chi connectivity index (χ1v) is 7.32. The lowest BCUT2D eigenvalue weighted by Crippen LogP contribution is -2.45. The third-order valence-electron chi connectivity index (χ3n) is 3.62. The van der Waals surface area contributed by atoms with Gasteiger partial charge in [0.15, 0.2) is 0 Å². The minimum absolute atomic E-state index is 0.0409. The third-order valence-corrected chi connectivity index (χ3v) is 3.62. The number of hydrogen-bond donors (Lipinski definition) is 2. The van der Waals surface area contributed by atoms with Crippen LogP contribution in [0.3, 0.4) is 0 Å². The van der Waals surface area contributed by atoms with Crippen molar-refractivity contribution in [2.75, 3.05) is 26.2 Å². The van der Waals surface area contributed by atoms with Crippen LogP contribution in [-0.4, -0.2) is 71.1 Å². The molecule has 0 unspecified atom stereocenters. The van der Waals surface area contributed by atoms with Crippen molar-refractivity contribution in [3.63, 3.8) is 0 Å². The van der Waals surface area contributed by atoms with E-state index >= 15 is 0 Å². The number of carbonyl (C=O) groups is 2. The standard InChI is InChI=1S/C14H27N3O3/c1-10(2)17(11(3)4)8-6-15-13(19)9-16-7-5-12(18)14(16)20/h10-12,18H,5-9H2,1-4H3,(H,15,19)/t12-/m1/s1. The van der Waals surface area contributed by atoms with Crippen LogP contribution >= 0.6 is 0 Å². The van der Waals surface area contributed by atoms with Gasteiger partial charge in [0.2, 0.25) is 5.91 Å². The number of rotatable bonds is 7. The summed E-state index contributed by atoms with van der Waals surface area (Å²) >= 11 is 0. The molecule has 6 nitrogen and oxygen atoms in total. The summed E-state index contributed by atoms with van der Waals surface area (Å²) in [6.45, 7) is 10.4. The van der Waals surface area contributed by atoms with Crippen LogP contribution in [0.15, 0.2) is 0 Å². The lowest BCUT2D eigenvalue weighted by molar-refractivity contribution is -0.137. The average Bonchev–Trinajstić information content (AvgIpc) is 2.65. The van der Waals surface area contributed by atoms with Gasteiger partial charge < -0.3 is 15.3 Å². The maximum atomic E-state index is 11.8. The first-order chi connectivity index (χ1) is 9.32. The fourth-order valence-electron chi connectivity index (χ4n) is 2.55. The molecule has 1 saturated heterocycles. The lowest BCUT2D eigenvalue weighted by atomic mass is 10.2. The van der Waals surface area contributed by atoms with Gasteiger partial charge in [-0.15, -0.1) is 0 Å². The zero-order valence-electron chi connectivity index (χ0n) is 12.9. The van der Waals surface area contributed by atoms with Crippen molar-refractivity contribution in [2.45, 2.75) is 52.3 Å². The molecule has 0 bridgehead atoms. The van der Waals surface area contributed by atoms with Crippen molar-refractivity contribution < 1.29 is 14.7 Å². The Labute approximate surface area is 121 Å². The molecule has 2 amide bonds. The second kappa shape index (κ2) is 7.59. The SMILES string of the molecule is CC(C)N(CCNC(=O)CN1CC[C@@H](O)C1=O)C(C)C. The van der Waals surface area contributed by atoms with Gasteiger partial charge in [0.1, 0.15) is 6.10 Å². The molecule has 1 atom stereocenters.